The SMILES string of the molecule is CCn1nc(CN2CCC(CN)CC2)c2ccccc21. The first kappa shape index (κ1) is 13.6. The van der Waals surface area contributed by atoms with E-state index in [1.807, 2.05) is 0 Å². The Morgan fingerprint density at radius 1 is 1.25 bits per heavy atom. The lowest BCUT2D eigenvalue weighted by atomic mass is 9.97. The zero-order valence-electron chi connectivity index (χ0n) is 12.3. The fraction of sp³-hybridized carbons (Fsp3) is 0.562. The van der Waals surface area contributed by atoms with Gasteiger partial charge in [0.05, 0.1) is 11.2 Å². The first-order valence-electron chi connectivity index (χ1n) is 7.68. The Bertz CT molecular complexity index is 567. The van der Waals surface area contributed by atoms with E-state index in [1.54, 1.807) is 0 Å². The molecule has 4 heteroatoms. The molecule has 0 spiro atoms. The zero-order valence-corrected chi connectivity index (χ0v) is 12.3. The maximum atomic E-state index is 5.76. The Balaban J connectivity index is 1.78. The summed E-state index contributed by atoms with van der Waals surface area (Å²) in [4.78, 5) is 2.51. The molecule has 108 valence electrons. The quantitative estimate of drug-likeness (QED) is 0.928. The van der Waals surface area contributed by atoms with Crippen LogP contribution in [0, 0.1) is 5.92 Å². The molecule has 2 heterocycles. The van der Waals surface area contributed by atoms with Gasteiger partial charge in [-0.15, -0.1) is 0 Å². The lowest BCUT2D eigenvalue weighted by molar-refractivity contribution is 0.179. The van der Waals surface area contributed by atoms with Gasteiger partial charge in [-0.25, -0.2) is 0 Å². The highest BCUT2D eigenvalue weighted by atomic mass is 15.3. The number of fused-ring (bicyclic) bond motifs is 1. The van der Waals surface area contributed by atoms with Crippen molar-refractivity contribution in [3.8, 4) is 0 Å². The topological polar surface area (TPSA) is 47.1 Å². The number of aryl methyl sites for hydroxylation is 1. The molecule has 1 aliphatic heterocycles. The Morgan fingerprint density at radius 2 is 2.00 bits per heavy atom. The molecule has 20 heavy (non-hydrogen) atoms. The predicted molar refractivity (Wildman–Crippen MR) is 82.5 cm³/mol. The predicted octanol–water partition coefficient (Wildman–Crippen LogP) is 2.23. The molecule has 0 amide bonds. The number of para-hydroxylation sites is 1. The number of hydrogen-bond donors (Lipinski definition) is 1. The van der Waals surface area contributed by atoms with Gasteiger partial charge in [-0.2, -0.15) is 5.10 Å². The molecule has 0 unspecified atom stereocenters. The number of rotatable bonds is 4. The average Bonchev–Trinajstić information content (AvgIpc) is 2.86. The molecule has 0 radical (unpaired) electrons. The third-order valence-electron chi connectivity index (χ3n) is 4.45. The second-order valence-electron chi connectivity index (χ2n) is 5.73. The Morgan fingerprint density at radius 3 is 2.70 bits per heavy atom. The number of hydrogen-bond acceptors (Lipinski definition) is 3. The van der Waals surface area contributed by atoms with Crippen LogP contribution in [0.2, 0.25) is 0 Å². The number of piperidine rings is 1. The summed E-state index contributed by atoms with van der Waals surface area (Å²) < 4.78 is 2.11. The van der Waals surface area contributed by atoms with Crippen molar-refractivity contribution in [2.75, 3.05) is 19.6 Å². The van der Waals surface area contributed by atoms with E-state index in [9.17, 15) is 0 Å². The first-order valence-corrected chi connectivity index (χ1v) is 7.68. The van der Waals surface area contributed by atoms with Crippen LogP contribution in [0.25, 0.3) is 10.9 Å². The molecule has 1 aromatic carbocycles. The lowest BCUT2D eigenvalue weighted by Gasteiger charge is -2.30. The molecular formula is C16H24N4. The molecule has 2 aromatic rings. The summed E-state index contributed by atoms with van der Waals surface area (Å²) in [7, 11) is 0. The molecular weight excluding hydrogens is 248 g/mol. The number of nitrogens with zero attached hydrogens (tertiary/aromatic N) is 3. The van der Waals surface area contributed by atoms with Gasteiger partial charge in [0.1, 0.15) is 0 Å². The van der Waals surface area contributed by atoms with Crippen LogP contribution in [0.4, 0.5) is 0 Å². The maximum Gasteiger partial charge on any atom is 0.0843 e. The molecule has 1 aromatic heterocycles. The summed E-state index contributed by atoms with van der Waals surface area (Å²) in [5.41, 5.74) is 8.23. The molecule has 1 saturated heterocycles. The Labute approximate surface area is 120 Å². The van der Waals surface area contributed by atoms with Gasteiger partial charge < -0.3 is 5.73 Å². The van der Waals surface area contributed by atoms with Crippen LogP contribution in [0.3, 0.4) is 0 Å². The standard InChI is InChI=1S/C16H24N4/c1-2-20-16-6-4-3-5-14(16)15(18-20)12-19-9-7-13(11-17)8-10-19/h3-6,13H,2,7-12,17H2,1H3. The van der Waals surface area contributed by atoms with Crippen LogP contribution in [-0.4, -0.2) is 34.3 Å². The molecule has 0 saturated carbocycles. The van der Waals surface area contributed by atoms with Gasteiger partial charge in [-0.3, -0.25) is 9.58 Å². The van der Waals surface area contributed by atoms with E-state index in [1.165, 1.54) is 29.4 Å². The number of benzene rings is 1. The molecule has 4 nitrogen and oxygen atoms in total. The molecule has 1 fully saturated rings. The fourth-order valence-electron chi connectivity index (χ4n) is 3.15. The number of aromatic nitrogens is 2. The minimum atomic E-state index is 0.719. The van der Waals surface area contributed by atoms with Crippen LogP contribution in [-0.2, 0) is 13.1 Å². The second-order valence-corrected chi connectivity index (χ2v) is 5.73. The van der Waals surface area contributed by atoms with Crippen LogP contribution in [0.15, 0.2) is 24.3 Å². The van der Waals surface area contributed by atoms with E-state index in [2.05, 4.69) is 40.8 Å². The zero-order chi connectivity index (χ0) is 13.9. The molecule has 1 aliphatic rings. The van der Waals surface area contributed by atoms with Crippen molar-refractivity contribution in [1.82, 2.24) is 14.7 Å². The molecule has 3 rings (SSSR count). The summed E-state index contributed by atoms with van der Waals surface area (Å²) in [5.74, 6) is 0.719. The van der Waals surface area contributed by atoms with E-state index in [0.717, 1.165) is 38.6 Å². The summed E-state index contributed by atoms with van der Waals surface area (Å²) in [6.07, 6.45) is 2.45. The molecule has 0 aliphatic carbocycles. The third kappa shape index (κ3) is 2.58. The smallest absolute Gasteiger partial charge is 0.0843 e. The van der Waals surface area contributed by atoms with E-state index in [-0.39, 0.29) is 0 Å². The van der Waals surface area contributed by atoms with Crippen molar-refractivity contribution >= 4 is 10.9 Å². The Hall–Kier alpha value is -1.39. The van der Waals surface area contributed by atoms with Crippen molar-refractivity contribution in [2.24, 2.45) is 11.7 Å². The van der Waals surface area contributed by atoms with Crippen molar-refractivity contribution in [3.63, 3.8) is 0 Å². The van der Waals surface area contributed by atoms with Gasteiger partial charge in [0.15, 0.2) is 0 Å². The minimum Gasteiger partial charge on any atom is -0.330 e. The van der Waals surface area contributed by atoms with Crippen molar-refractivity contribution in [3.05, 3.63) is 30.0 Å². The van der Waals surface area contributed by atoms with Crippen LogP contribution in [0.1, 0.15) is 25.5 Å². The number of likely N-dealkylation sites (tertiary alicyclic amines) is 1. The van der Waals surface area contributed by atoms with Gasteiger partial charge in [-0.1, -0.05) is 18.2 Å². The monoisotopic (exact) mass is 272 g/mol. The highest BCUT2D eigenvalue weighted by Crippen LogP contribution is 2.22. The average molecular weight is 272 g/mol. The van der Waals surface area contributed by atoms with Gasteiger partial charge in [0, 0.05) is 18.5 Å². The van der Waals surface area contributed by atoms with Crippen LogP contribution in [0.5, 0.6) is 0 Å². The number of nitrogens with two attached hydrogens (primary N) is 1. The maximum absolute atomic E-state index is 5.76. The van der Waals surface area contributed by atoms with E-state index in [0.29, 0.717) is 0 Å². The lowest BCUT2D eigenvalue weighted by Crippen LogP contribution is -2.35. The molecule has 0 bridgehead atoms. The first-order chi connectivity index (χ1) is 9.81. The molecule has 2 N–H and O–H groups in total. The summed E-state index contributed by atoms with van der Waals surface area (Å²) >= 11 is 0. The van der Waals surface area contributed by atoms with E-state index >= 15 is 0 Å². The van der Waals surface area contributed by atoms with Crippen molar-refractivity contribution in [2.45, 2.75) is 32.9 Å². The normalized spacial score (nSPS) is 17.9. The summed E-state index contributed by atoms with van der Waals surface area (Å²) in [6, 6.07) is 8.55. The Kier molecular flexibility index (Phi) is 4.03. The van der Waals surface area contributed by atoms with Gasteiger partial charge in [0.2, 0.25) is 0 Å². The highest BCUT2D eigenvalue weighted by molar-refractivity contribution is 5.81. The van der Waals surface area contributed by atoms with Gasteiger partial charge in [-0.05, 0) is 51.4 Å². The highest BCUT2D eigenvalue weighted by Gasteiger charge is 2.20. The third-order valence-corrected chi connectivity index (χ3v) is 4.45. The van der Waals surface area contributed by atoms with Crippen molar-refractivity contribution < 1.29 is 0 Å². The van der Waals surface area contributed by atoms with E-state index < -0.39 is 0 Å². The second kappa shape index (κ2) is 5.94. The van der Waals surface area contributed by atoms with Crippen LogP contribution < -0.4 is 5.73 Å². The largest absolute Gasteiger partial charge is 0.330 e. The van der Waals surface area contributed by atoms with E-state index in [4.69, 9.17) is 10.8 Å². The van der Waals surface area contributed by atoms with Crippen LogP contribution >= 0.6 is 0 Å². The minimum absolute atomic E-state index is 0.719. The van der Waals surface area contributed by atoms with Gasteiger partial charge in [0.25, 0.3) is 0 Å². The van der Waals surface area contributed by atoms with Gasteiger partial charge >= 0.3 is 0 Å². The van der Waals surface area contributed by atoms with Crippen molar-refractivity contribution in [1.29, 1.82) is 0 Å². The summed E-state index contributed by atoms with van der Waals surface area (Å²) in [5, 5.41) is 6.09. The fourth-order valence-corrected chi connectivity index (χ4v) is 3.15. The molecule has 0 atom stereocenters. The summed E-state index contributed by atoms with van der Waals surface area (Å²) in [6.45, 7) is 7.17.